The molecule has 3 aromatic heterocycles. The van der Waals surface area contributed by atoms with Gasteiger partial charge in [0.25, 0.3) is 5.56 Å². The molecule has 1 fully saturated rings. The lowest BCUT2D eigenvalue weighted by Crippen LogP contribution is -2.37. The normalized spacial score (nSPS) is 17.7. The van der Waals surface area contributed by atoms with E-state index < -0.39 is 5.60 Å². The number of allylic oxidation sites excluding steroid dienone is 1. The van der Waals surface area contributed by atoms with E-state index >= 15 is 0 Å². The van der Waals surface area contributed by atoms with Crippen molar-refractivity contribution in [2.75, 3.05) is 38.2 Å². The maximum absolute atomic E-state index is 13.3. The van der Waals surface area contributed by atoms with Crippen molar-refractivity contribution in [2.24, 2.45) is 5.92 Å². The first-order chi connectivity index (χ1) is 20.3. The van der Waals surface area contributed by atoms with Gasteiger partial charge in [0.05, 0.1) is 25.5 Å². The summed E-state index contributed by atoms with van der Waals surface area (Å²) in [6.45, 7) is 12.4. The summed E-state index contributed by atoms with van der Waals surface area (Å²) >= 11 is 0. The molecule has 10 heteroatoms. The number of nitrogens with zero attached hydrogens (tertiary/aromatic N) is 6. The Balaban J connectivity index is 1.24. The third kappa shape index (κ3) is 5.88. The molecule has 0 spiro atoms. The Morgan fingerprint density at radius 2 is 2.00 bits per heavy atom. The Morgan fingerprint density at radius 3 is 2.79 bits per heavy atom. The largest absolute Gasteiger partial charge is 0.384 e. The topological polar surface area (TPSA) is 110 Å². The molecule has 1 unspecified atom stereocenters. The molecule has 0 amide bonds. The van der Waals surface area contributed by atoms with E-state index in [9.17, 15) is 9.90 Å². The molecule has 6 rings (SSSR count). The van der Waals surface area contributed by atoms with E-state index in [-0.39, 0.29) is 12.1 Å². The number of aliphatic hydroxyl groups is 1. The fourth-order valence-electron chi connectivity index (χ4n) is 5.96. The molecule has 220 valence electrons. The Morgan fingerprint density at radius 1 is 1.17 bits per heavy atom. The lowest BCUT2D eigenvalue weighted by atomic mass is 9.82. The highest BCUT2D eigenvalue weighted by Crippen LogP contribution is 2.31. The van der Waals surface area contributed by atoms with E-state index in [1.807, 2.05) is 6.07 Å². The van der Waals surface area contributed by atoms with Crippen LogP contribution in [-0.4, -0.2) is 67.2 Å². The van der Waals surface area contributed by atoms with Gasteiger partial charge in [-0.05, 0) is 87.4 Å². The lowest BCUT2D eigenvalue weighted by molar-refractivity contribution is 0.0351. The average molecular weight is 570 g/mol. The smallest absolute Gasteiger partial charge is 0.278 e. The Labute approximate surface area is 245 Å². The summed E-state index contributed by atoms with van der Waals surface area (Å²) in [5.74, 6) is 1.58. The van der Waals surface area contributed by atoms with Crippen molar-refractivity contribution < 1.29 is 9.84 Å². The Hall–Kier alpha value is -3.86. The van der Waals surface area contributed by atoms with Gasteiger partial charge in [0.1, 0.15) is 11.0 Å². The van der Waals surface area contributed by atoms with Crippen molar-refractivity contribution in [3.05, 3.63) is 82.4 Å². The van der Waals surface area contributed by atoms with Crippen molar-refractivity contribution in [3.63, 3.8) is 0 Å². The van der Waals surface area contributed by atoms with Gasteiger partial charge in [-0.25, -0.2) is 19.3 Å². The molecular weight excluding hydrogens is 530 g/mol. The van der Waals surface area contributed by atoms with Crippen LogP contribution in [0.15, 0.2) is 60.0 Å². The summed E-state index contributed by atoms with van der Waals surface area (Å²) in [7, 11) is 0. The summed E-state index contributed by atoms with van der Waals surface area (Å²) in [5.41, 5.74) is 3.25. The second-order valence-corrected chi connectivity index (χ2v) is 11.8. The van der Waals surface area contributed by atoms with Crippen molar-refractivity contribution in [2.45, 2.75) is 51.7 Å². The summed E-state index contributed by atoms with van der Waals surface area (Å²) in [4.78, 5) is 29.7. The quantitative estimate of drug-likeness (QED) is 0.292. The SMILES string of the molecule is C=CCn1c(=O)c2cnc(Nc3ccc4c(c3)CCC(CCN3CCOCC3)C4)nc2n1-c1cccc(C(C)(C)O)n1. The van der Waals surface area contributed by atoms with Crippen LogP contribution >= 0.6 is 0 Å². The molecule has 0 bridgehead atoms. The van der Waals surface area contributed by atoms with Crippen molar-refractivity contribution >= 4 is 22.7 Å². The number of morpholine rings is 1. The molecule has 0 radical (unpaired) electrons. The van der Waals surface area contributed by atoms with E-state index in [1.165, 1.54) is 28.7 Å². The minimum Gasteiger partial charge on any atom is -0.384 e. The van der Waals surface area contributed by atoms with Gasteiger partial charge in [-0.3, -0.25) is 9.69 Å². The second-order valence-electron chi connectivity index (χ2n) is 11.8. The summed E-state index contributed by atoms with van der Waals surface area (Å²) in [6.07, 6.45) is 7.81. The van der Waals surface area contributed by atoms with E-state index in [0.717, 1.165) is 51.4 Å². The molecule has 0 saturated carbocycles. The zero-order valence-corrected chi connectivity index (χ0v) is 24.4. The van der Waals surface area contributed by atoms with Gasteiger partial charge in [-0.15, -0.1) is 6.58 Å². The second kappa shape index (κ2) is 11.8. The molecule has 4 aromatic rings. The minimum absolute atomic E-state index is 0.233. The molecule has 42 heavy (non-hydrogen) atoms. The van der Waals surface area contributed by atoms with Crippen LogP contribution < -0.4 is 10.9 Å². The maximum atomic E-state index is 13.3. The Kier molecular flexibility index (Phi) is 7.94. The van der Waals surface area contributed by atoms with E-state index in [0.29, 0.717) is 34.4 Å². The van der Waals surface area contributed by atoms with Crippen LogP contribution in [0, 0.1) is 5.92 Å². The van der Waals surface area contributed by atoms with Crippen LogP contribution in [0.4, 0.5) is 11.6 Å². The van der Waals surface area contributed by atoms with E-state index in [2.05, 4.69) is 45.0 Å². The molecular formula is C32H39N7O3. The van der Waals surface area contributed by atoms with Crippen molar-refractivity contribution in [1.82, 2.24) is 29.2 Å². The van der Waals surface area contributed by atoms with Crippen LogP contribution in [0.25, 0.3) is 16.9 Å². The molecule has 2 aliphatic rings. The fraction of sp³-hybridized carbons (Fsp3) is 0.438. The summed E-state index contributed by atoms with van der Waals surface area (Å²) < 4.78 is 8.68. The minimum atomic E-state index is -1.14. The number of rotatable bonds is 9. The van der Waals surface area contributed by atoms with Crippen LogP contribution in [0.1, 0.15) is 43.5 Å². The van der Waals surface area contributed by atoms with Crippen molar-refractivity contribution in [1.29, 1.82) is 0 Å². The molecule has 10 nitrogen and oxygen atoms in total. The fourth-order valence-corrected chi connectivity index (χ4v) is 5.96. The van der Waals surface area contributed by atoms with Gasteiger partial charge in [0.15, 0.2) is 11.5 Å². The third-order valence-electron chi connectivity index (χ3n) is 8.31. The monoisotopic (exact) mass is 569 g/mol. The van der Waals surface area contributed by atoms with E-state index in [4.69, 9.17) is 9.72 Å². The molecule has 1 saturated heterocycles. The van der Waals surface area contributed by atoms with Crippen molar-refractivity contribution in [3.8, 4) is 5.82 Å². The summed E-state index contributed by atoms with van der Waals surface area (Å²) in [5, 5.41) is 14.3. The van der Waals surface area contributed by atoms with Gasteiger partial charge in [-0.1, -0.05) is 18.2 Å². The van der Waals surface area contributed by atoms with Crippen LogP contribution in [0.5, 0.6) is 0 Å². The van der Waals surface area contributed by atoms with Crippen LogP contribution in [-0.2, 0) is 29.7 Å². The standard InChI is InChI=1S/C32H39N7O3/c1-4-13-38-30(40)26-21-33-31(36-29(26)39(38)28-7-5-6-27(35-28)32(2,3)41)34-25-11-10-23-19-22(8-9-24(23)20-25)12-14-37-15-17-42-18-16-37/h4-7,10-11,20-22,41H,1,8-9,12-19H2,2-3H3,(H,33,34,36). The number of pyridine rings is 1. The number of anilines is 2. The van der Waals surface area contributed by atoms with Gasteiger partial charge in [0.2, 0.25) is 5.95 Å². The number of fused-ring (bicyclic) bond motifs is 2. The zero-order valence-electron chi connectivity index (χ0n) is 24.4. The Bertz CT molecular complexity index is 1650. The first-order valence-electron chi connectivity index (χ1n) is 14.8. The number of hydrogen-bond donors (Lipinski definition) is 2. The number of aromatic nitrogens is 5. The number of ether oxygens (including phenoxy) is 1. The van der Waals surface area contributed by atoms with E-state index in [1.54, 1.807) is 42.9 Å². The molecule has 4 heterocycles. The molecule has 1 aromatic carbocycles. The zero-order chi connectivity index (χ0) is 29.3. The average Bonchev–Trinajstić information content (AvgIpc) is 3.26. The third-order valence-corrected chi connectivity index (χ3v) is 8.31. The van der Waals surface area contributed by atoms with Crippen LogP contribution in [0.2, 0.25) is 0 Å². The predicted octanol–water partition coefficient (Wildman–Crippen LogP) is 3.96. The maximum Gasteiger partial charge on any atom is 0.278 e. The van der Waals surface area contributed by atoms with Gasteiger partial charge < -0.3 is 15.2 Å². The van der Waals surface area contributed by atoms with Crippen LogP contribution in [0.3, 0.4) is 0 Å². The van der Waals surface area contributed by atoms with Gasteiger partial charge in [-0.2, -0.15) is 4.98 Å². The van der Waals surface area contributed by atoms with Gasteiger partial charge in [0, 0.05) is 25.0 Å². The highest BCUT2D eigenvalue weighted by atomic mass is 16.5. The first-order valence-corrected chi connectivity index (χ1v) is 14.8. The number of nitrogens with one attached hydrogen (secondary N) is 1. The number of aryl methyl sites for hydroxylation is 1. The first kappa shape index (κ1) is 28.3. The lowest BCUT2D eigenvalue weighted by Gasteiger charge is -2.30. The molecule has 1 aliphatic heterocycles. The molecule has 1 aliphatic carbocycles. The molecule has 1 atom stereocenters. The summed E-state index contributed by atoms with van der Waals surface area (Å²) in [6, 6.07) is 11.9. The highest BCUT2D eigenvalue weighted by Gasteiger charge is 2.23. The number of hydrogen-bond acceptors (Lipinski definition) is 8. The molecule has 2 N–H and O–H groups in total. The predicted molar refractivity (Wildman–Crippen MR) is 163 cm³/mol. The highest BCUT2D eigenvalue weighted by molar-refractivity contribution is 5.77. The number of benzene rings is 1. The van der Waals surface area contributed by atoms with Gasteiger partial charge >= 0.3 is 0 Å².